The van der Waals surface area contributed by atoms with E-state index in [4.69, 9.17) is 10.5 Å². The zero-order valence-electron chi connectivity index (χ0n) is 11.8. The van der Waals surface area contributed by atoms with Crippen molar-refractivity contribution in [3.8, 4) is 11.5 Å². The number of nitrogens with two attached hydrogens (primary N) is 1. The highest BCUT2D eigenvalue weighted by Crippen LogP contribution is 2.26. The Morgan fingerprint density at radius 1 is 1.10 bits per heavy atom. The standard InChI is InChI=1S/C16H20N2O2/c1-18(10-12-4-3-5-14(17)8-12)11-13-6-7-16(20-2)15(19)9-13/h3-9,19H,10-11,17H2,1-2H3. The average Bonchev–Trinajstić information content (AvgIpc) is 2.38. The number of aromatic hydroxyl groups is 1. The van der Waals surface area contributed by atoms with E-state index in [0.29, 0.717) is 5.75 Å². The predicted molar refractivity (Wildman–Crippen MR) is 80.7 cm³/mol. The normalized spacial score (nSPS) is 10.8. The van der Waals surface area contributed by atoms with E-state index in [2.05, 4.69) is 11.0 Å². The Balaban J connectivity index is 2.01. The third-order valence-corrected chi connectivity index (χ3v) is 3.10. The number of hydrogen-bond acceptors (Lipinski definition) is 4. The first-order chi connectivity index (χ1) is 9.58. The molecule has 2 rings (SSSR count). The number of rotatable bonds is 5. The van der Waals surface area contributed by atoms with Crippen molar-refractivity contribution in [1.29, 1.82) is 0 Å². The second kappa shape index (κ2) is 6.30. The molecule has 0 aliphatic carbocycles. The molecular formula is C16H20N2O2. The average molecular weight is 272 g/mol. The van der Waals surface area contributed by atoms with Crippen molar-refractivity contribution in [1.82, 2.24) is 4.90 Å². The van der Waals surface area contributed by atoms with E-state index in [1.54, 1.807) is 19.2 Å². The second-order valence-corrected chi connectivity index (χ2v) is 4.92. The van der Waals surface area contributed by atoms with Crippen molar-refractivity contribution in [3.63, 3.8) is 0 Å². The van der Waals surface area contributed by atoms with E-state index < -0.39 is 0 Å². The number of methoxy groups -OCH3 is 1. The zero-order chi connectivity index (χ0) is 14.5. The van der Waals surface area contributed by atoms with Gasteiger partial charge in [0.1, 0.15) is 0 Å². The molecule has 0 fully saturated rings. The highest BCUT2D eigenvalue weighted by atomic mass is 16.5. The minimum Gasteiger partial charge on any atom is -0.504 e. The van der Waals surface area contributed by atoms with Gasteiger partial charge in [-0.1, -0.05) is 18.2 Å². The molecule has 3 N–H and O–H groups in total. The van der Waals surface area contributed by atoms with Crippen LogP contribution < -0.4 is 10.5 Å². The van der Waals surface area contributed by atoms with Crippen LogP contribution in [0.4, 0.5) is 5.69 Å². The third kappa shape index (κ3) is 3.65. The van der Waals surface area contributed by atoms with Gasteiger partial charge in [-0.25, -0.2) is 0 Å². The van der Waals surface area contributed by atoms with Crippen LogP contribution in [0.15, 0.2) is 42.5 Å². The lowest BCUT2D eigenvalue weighted by Crippen LogP contribution is -2.17. The number of ether oxygens (including phenoxy) is 1. The maximum absolute atomic E-state index is 9.77. The van der Waals surface area contributed by atoms with E-state index in [9.17, 15) is 5.11 Å². The Kier molecular flexibility index (Phi) is 4.48. The van der Waals surface area contributed by atoms with Crippen molar-refractivity contribution >= 4 is 5.69 Å². The van der Waals surface area contributed by atoms with Crippen LogP contribution in [-0.4, -0.2) is 24.2 Å². The summed E-state index contributed by atoms with van der Waals surface area (Å²) in [5.74, 6) is 0.662. The molecule has 0 amide bonds. The molecule has 4 nitrogen and oxygen atoms in total. The first-order valence-electron chi connectivity index (χ1n) is 6.47. The molecule has 0 atom stereocenters. The first-order valence-corrected chi connectivity index (χ1v) is 6.47. The summed E-state index contributed by atoms with van der Waals surface area (Å²) < 4.78 is 5.04. The summed E-state index contributed by atoms with van der Waals surface area (Å²) >= 11 is 0. The minimum absolute atomic E-state index is 0.169. The predicted octanol–water partition coefficient (Wildman–Crippen LogP) is 2.62. The molecule has 0 spiro atoms. The van der Waals surface area contributed by atoms with Gasteiger partial charge in [0.15, 0.2) is 11.5 Å². The van der Waals surface area contributed by atoms with E-state index in [1.807, 2.05) is 31.3 Å². The number of nitrogens with zero attached hydrogens (tertiary/aromatic N) is 1. The molecule has 0 heterocycles. The molecule has 0 aliphatic rings. The Labute approximate surface area is 119 Å². The van der Waals surface area contributed by atoms with Crippen molar-refractivity contribution in [3.05, 3.63) is 53.6 Å². The van der Waals surface area contributed by atoms with Gasteiger partial charge in [-0.2, -0.15) is 0 Å². The molecule has 106 valence electrons. The highest BCUT2D eigenvalue weighted by molar-refractivity contribution is 5.42. The Morgan fingerprint density at radius 3 is 2.40 bits per heavy atom. The molecule has 0 aliphatic heterocycles. The summed E-state index contributed by atoms with van der Waals surface area (Å²) in [5, 5.41) is 9.77. The number of anilines is 1. The molecule has 2 aromatic rings. The van der Waals surface area contributed by atoms with Crippen LogP contribution >= 0.6 is 0 Å². The maximum atomic E-state index is 9.77. The lowest BCUT2D eigenvalue weighted by molar-refractivity contribution is 0.317. The molecule has 20 heavy (non-hydrogen) atoms. The van der Waals surface area contributed by atoms with Gasteiger partial charge in [0.2, 0.25) is 0 Å². The molecule has 2 aromatic carbocycles. The summed E-state index contributed by atoms with van der Waals surface area (Å²) in [4.78, 5) is 2.16. The number of phenolic OH excluding ortho intramolecular Hbond substituents is 1. The van der Waals surface area contributed by atoms with Crippen LogP contribution in [0.3, 0.4) is 0 Å². The van der Waals surface area contributed by atoms with E-state index in [0.717, 1.165) is 24.3 Å². The minimum atomic E-state index is 0.169. The van der Waals surface area contributed by atoms with Gasteiger partial charge in [-0.3, -0.25) is 4.90 Å². The van der Waals surface area contributed by atoms with Gasteiger partial charge in [0.25, 0.3) is 0 Å². The summed E-state index contributed by atoms with van der Waals surface area (Å²) in [6.45, 7) is 1.55. The topological polar surface area (TPSA) is 58.7 Å². The molecule has 0 saturated carbocycles. The fraction of sp³-hybridized carbons (Fsp3) is 0.250. The van der Waals surface area contributed by atoms with Crippen molar-refractivity contribution in [2.45, 2.75) is 13.1 Å². The van der Waals surface area contributed by atoms with Gasteiger partial charge >= 0.3 is 0 Å². The highest BCUT2D eigenvalue weighted by Gasteiger charge is 2.06. The monoisotopic (exact) mass is 272 g/mol. The van der Waals surface area contributed by atoms with Crippen LogP contribution in [0.25, 0.3) is 0 Å². The van der Waals surface area contributed by atoms with Crippen molar-refractivity contribution < 1.29 is 9.84 Å². The summed E-state index contributed by atoms with van der Waals surface area (Å²) in [6.07, 6.45) is 0. The summed E-state index contributed by atoms with van der Waals surface area (Å²) in [7, 11) is 3.57. The van der Waals surface area contributed by atoms with E-state index in [-0.39, 0.29) is 5.75 Å². The summed E-state index contributed by atoms with van der Waals surface area (Å²) in [5.41, 5.74) is 8.76. The molecular weight excluding hydrogens is 252 g/mol. The van der Waals surface area contributed by atoms with Gasteiger partial charge < -0.3 is 15.6 Å². The summed E-state index contributed by atoms with van der Waals surface area (Å²) in [6, 6.07) is 13.3. The Bertz CT molecular complexity index is 584. The van der Waals surface area contributed by atoms with Crippen LogP contribution in [0, 0.1) is 0 Å². The zero-order valence-corrected chi connectivity index (χ0v) is 11.8. The van der Waals surface area contributed by atoms with Crippen molar-refractivity contribution in [2.24, 2.45) is 0 Å². The first kappa shape index (κ1) is 14.2. The fourth-order valence-electron chi connectivity index (χ4n) is 2.20. The van der Waals surface area contributed by atoms with E-state index in [1.165, 1.54) is 5.56 Å². The lowest BCUT2D eigenvalue weighted by atomic mass is 10.1. The molecule has 0 bridgehead atoms. The lowest BCUT2D eigenvalue weighted by Gasteiger charge is -2.17. The Morgan fingerprint density at radius 2 is 1.80 bits per heavy atom. The smallest absolute Gasteiger partial charge is 0.160 e. The number of phenols is 1. The van der Waals surface area contributed by atoms with Crippen LogP contribution in [-0.2, 0) is 13.1 Å². The largest absolute Gasteiger partial charge is 0.504 e. The number of nitrogen functional groups attached to an aromatic ring is 1. The van der Waals surface area contributed by atoms with Gasteiger partial charge in [0.05, 0.1) is 7.11 Å². The second-order valence-electron chi connectivity index (χ2n) is 4.92. The van der Waals surface area contributed by atoms with Crippen LogP contribution in [0.5, 0.6) is 11.5 Å². The maximum Gasteiger partial charge on any atom is 0.160 e. The number of benzene rings is 2. The number of hydrogen-bond donors (Lipinski definition) is 2. The SMILES string of the molecule is COc1ccc(CN(C)Cc2cccc(N)c2)cc1O. The van der Waals surface area contributed by atoms with Gasteiger partial charge in [-0.15, -0.1) is 0 Å². The molecule has 0 unspecified atom stereocenters. The van der Waals surface area contributed by atoms with Crippen LogP contribution in [0.2, 0.25) is 0 Å². The Hall–Kier alpha value is -2.20. The quantitative estimate of drug-likeness (QED) is 0.821. The molecule has 4 heteroatoms. The van der Waals surface area contributed by atoms with Crippen molar-refractivity contribution in [2.75, 3.05) is 19.9 Å². The molecule has 0 aromatic heterocycles. The van der Waals surface area contributed by atoms with Crippen LogP contribution in [0.1, 0.15) is 11.1 Å². The van der Waals surface area contributed by atoms with Gasteiger partial charge in [0, 0.05) is 18.8 Å². The van der Waals surface area contributed by atoms with E-state index >= 15 is 0 Å². The third-order valence-electron chi connectivity index (χ3n) is 3.10. The molecule has 0 saturated heterocycles. The fourth-order valence-corrected chi connectivity index (χ4v) is 2.20. The van der Waals surface area contributed by atoms with Gasteiger partial charge in [-0.05, 0) is 42.4 Å². The molecule has 0 radical (unpaired) electrons.